The fourth-order valence-corrected chi connectivity index (χ4v) is 2.48. The second-order valence-electron chi connectivity index (χ2n) is 4.03. The molecular formula is C12H15N5O2S. The van der Waals surface area contributed by atoms with E-state index in [-0.39, 0.29) is 5.84 Å². The van der Waals surface area contributed by atoms with E-state index in [4.69, 9.17) is 15.7 Å². The molecule has 0 bridgehead atoms. The highest BCUT2D eigenvalue weighted by Gasteiger charge is 2.10. The monoisotopic (exact) mass is 293 g/mol. The largest absolute Gasteiger partial charge is 0.496 e. The highest BCUT2D eigenvalue weighted by molar-refractivity contribution is 7.98. The summed E-state index contributed by atoms with van der Waals surface area (Å²) in [4.78, 5) is 0. The number of oxime groups is 1. The number of nitrogens with zero attached hydrogens (tertiary/aromatic N) is 4. The van der Waals surface area contributed by atoms with E-state index in [9.17, 15) is 0 Å². The van der Waals surface area contributed by atoms with Crippen LogP contribution in [0.4, 0.5) is 0 Å². The maximum Gasteiger partial charge on any atom is 0.191 e. The minimum Gasteiger partial charge on any atom is -0.496 e. The van der Waals surface area contributed by atoms with E-state index in [2.05, 4.69) is 15.4 Å². The highest BCUT2D eigenvalue weighted by Crippen LogP contribution is 2.24. The molecule has 2 rings (SSSR count). The van der Waals surface area contributed by atoms with E-state index < -0.39 is 0 Å². The molecule has 0 aliphatic rings. The molecule has 0 aliphatic carbocycles. The van der Waals surface area contributed by atoms with E-state index in [1.54, 1.807) is 24.2 Å². The number of nitrogens with two attached hydrogens (primary N) is 1. The van der Waals surface area contributed by atoms with Crippen molar-refractivity contribution >= 4 is 17.6 Å². The van der Waals surface area contributed by atoms with Gasteiger partial charge in [-0.1, -0.05) is 23.0 Å². The molecular weight excluding hydrogens is 278 g/mol. The van der Waals surface area contributed by atoms with Crippen LogP contribution in [-0.2, 0) is 12.8 Å². The third-order valence-corrected chi connectivity index (χ3v) is 3.79. The number of rotatable bonds is 5. The Kier molecular flexibility index (Phi) is 4.46. The van der Waals surface area contributed by atoms with Crippen LogP contribution in [0.1, 0.15) is 11.1 Å². The summed E-state index contributed by atoms with van der Waals surface area (Å²) in [5.74, 6) is 1.28. The van der Waals surface area contributed by atoms with E-state index >= 15 is 0 Å². The molecule has 0 fully saturated rings. The van der Waals surface area contributed by atoms with Gasteiger partial charge in [0, 0.05) is 12.8 Å². The van der Waals surface area contributed by atoms with Gasteiger partial charge < -0.3 is 20.2 Å². The van der Waals surface area contributed by atoms with Crippen molar-refractivity contribution < 1.29 is 9.94 Å². The standard InChI is InChI=1S/C12H15N5O2S/c1-17-7-14-15-12(17)20-6-8-3-4-10(19-2)9(5-8)11(13)16-18/h3-5,7,18H,6H2,1-2H3,(H2,13,16). The Morgan fingerprint density at radius 1 is 1.55 bits per heavy atom. The highest BCUT2D eigenvalue weighted by atomic mass is 32.2. The van der Waals surface area contributed by atoms with Gasteiger partial charge in [-0.25, -0.2) is 0 Å². The van der Waals surface area contributed by atoms with E-state index in [0.717, 1.165) is 10.7 Å². The molecule has 8 heteroatoms. The summed E-state index contributed by atoms with van der Waals surface area (Å²) in [6.07, 6.45) is 1.65. The Balaban J connectivity index is 2.19. The number of benzene rings is 1. The van der Waals surface area contributed by atoms with Crippen molar-refractivity contribution in [3.05, 3.63) is 35.7 Å². The van der Waals surface area contributed by atoms with Gasteiger partial charge in [0.15, 0.2) is 11.0 Å². The molecule has 1 heterocycles. The van der Waals surface area contributed by atoms with Crippen molar-refractivity contribution in [1.29, 1.82) is 0 Å². The first-order valence-electron chi connectivity index (χ1n) is 5.77. The number of methoxy groups -OCH3 is 1. The number of hydrogen-bond donors (Lipinski definition) is 2. The van der Waals surface area contributed by atoms with Gasteiger partial charge in [0.1, 0.15) is 12.1 Å². The second-order valence-corrected chi connectivity index (χ2v) is 4.98. The summed E-state index contributed by atoms with van der Waals surface area (Å²) >= 11 is 1.55. The molecule has 1 aromatic heterocycles. The normalized spacial score (nSPS) is 11.6. The SMILES string of the molecule is COc1ccc(CSc2nncn2C)cc1C(N)=NO. The Bertz CT molecular complexity index is 626. The molecule has 0 saturated heterocycles. The third kappa shape index (κ3) is 3.02. The van der Waals surface area contributed by atoms with Gasteiger partial charge in [-0.3, -0.25) is 0 Å². The number of amidine groups is 1. The van der Waals surface area contributed by atoms with Crippen molar-refractivity contribution in [2.75, 3.05) is 7.11 Å². The average Bonchev–Trinajstić information content (AvgIpc) is 2.89. The van der Waals surface area contributed by atoms with Gasteiger partial charge in [-0.05, 0) is 17.7 Å². The molecule has 20 heavy (non-hydrogen) atoms. The molecule has 7 nitrogen and oxygen atoms in total. The molecule has 0 atom stereocenters. The summed E-state index contributed by atoms with van der Waals surface area (Å²) in [6.45, 7) is 0. The molecule has 1 aromatic carbocycles. The smallest absolute Gasteiger partial charge is 0.191 e. The Hall–Kier alpha value is -2.22. The number of ether oxygens (including phenoxy) is 1. The van der Waals surface area contributed by atoms with Gasteiger partial charge in [0.05, 0.1) is 12.7 Å². The van der Waals surface area contributed by atoms with Crippen molar-refractivity contribution in [2.45, 2.75) is 10.9 Å². The van der Waals surface area contributed by atoms with Crippen LogP contribution < -0.4 is 10.5 Å². The van der Waals surface area contributed by atoms with Crippen LogP contribution >= 0.6 is 11.8 Å². The van der Waals surface area contributed by atoms with Gasteiger partial charge in [0.2, 0.25) is 0 Å². The number of aromatic nitrogens is 3. The summed E-state index contributed by atoms with van der Waals surface area (Å²) < 4.78 is 7.03. The molecule has 106 valence electrons. The lowest BCUT2D eigenvalue weighted by atomic mass is 10.1. The first-order valence-corrected chi connectivity index (χ1v) is 6.76. The Morgan fingerprint density at radius 3 is 2.95 bits per heavy atom. The lowest BCUT2D eigenvalue weighted by Crippen LogP contribution is -2.14. The van der Waals surface area contributed by atoms with E-state index in [0.29, 0.717) is 17.1 Å². The predicted molar refractivity (Wildman–Crippen MR) is 76.1 cm³/mol. The topological polar surface area (TPSA) is 98.6 Å². The van der Waals surface area contributed by atoms with Crippen LogP contribution in [-0.4, -0.2) is 32.9 Å². The number of hydrogen-bond acceptors (Lipinski definition) is 6. The number of thioether (sulfide) groups is 1. The number of aryl methyl sites for hydroxylation is 1. The zero-order valence-corrected chi connectivity index (χ0v) is 12.0. The zero-order valence-electron chi connectivity index (χ0n) is 11.1. The fraction of sp³-hybridized carbons (Fsp3) is 0.250. The van der Waals surface area contributed by atoms with Crippen LogP contribution in [0.15, 0.2) is 34.8 Å². The molecule has 0 aliphatic heterocycles. The van der Waals surface area contributed by atoms with Gasteiger partial charge in [-0.15, -0.1) is 10.2 Å². The molecule has 0 spiro atoms. The van der Waals surface area contributed by atoms with Crippen molar-refractivity contribution in [2.24, 2.45) is 17.9 Å². The van der Waals surface area contributed by atoms with Crippen molar-refractivity contribution in [3.63, 3.8) is 0 Å². The van der Waals surface area contributed by atoms with E-state index in [1.165, 1.54) is 7.11 Å². The second kappa shape index (κ2) is 6.29. The Morgan fingerprint density at radius 2 is 2.35 bits per heavy atom. The van der Waals surface area contributed by atoms with Gasteiger partial charge >= 0.3 is 0 Å². The van der Waals surface area contributed by atoms with Crippen LogP contribution in [0.2, 0.25) is 0 Å². The van der Waals surface area contributed by atoms with Crippen LogP contribution in [0.5, 0.6) is 5.75 Å². The van der Waals surface area contributed by atoms with Crippen molar-refractivity contribution in [3.8, 4) is 5.75 Å². The first-order chi connectivity index (χ1) is 9.65. The molecule has 0 amide bonds. The molecule has 0 saturated carbocycles. The minimum atomic E-state index is 0.0207. The third-order valence-electron chi connectivity index (χ3n) is 2.69. The van der Waals surface area contributed by atoms with Gasteiger partial charge in [0.25, 0.3) is 0 Å². The maximum absolute atomic E-state index is 8.80. The molecule has 0 radical (unpaired) electrons. The first kappa shape index (κ1) is 14.2. The summed E-state index contributed by atoms with van der Waals surface area (Å²) in [6, 6.07) is 5.55. The summed E-state index contributed by atoms with van der Waals surface area (Å²) in [5, 5.41) is 20.5. The zero-order chi connectivity index (χ0) is 14.5. The Labute approximate surface area is 120 Å². The molecule has 3 N–H and O–H groups in total. The lowest BCUT2D eigenvalue weighted by molar-refractivity contribution is 0.318. The molecule has 2 aromatic rings. The fourth-order valence-electron chi connectivity index (χ4n) is 1.65. The van der Waals surface area contributed by atoms with E-state index in [1.807, 2.05) is 23.7 Å². The quantitative estimate of drug-likeness (QED) is 0.283. The van der Waals surface area contributed by atoms with Crippen LogP contribution in [0.25, 0.3) is 0 Å². The minimum absolute atomic E-state index is 0.0207. The van der Waals surface area contributed by atoms with Crippen LogP contribution in [0, 0.1) is 0 Å². The lowest BCUT2D eigenvalue weighted by Gasteiger charge is -2.09. The van der Waals surface area contributed by atoms with Crippen LogP contribution in [0.3, 0.4) is 0 Å². The van der Waals surface area contributed by atoms with Gasteiger partial charge in [-0.2, -0.15) is 0 Å². The molecule has 0 unspecified atom stereocenters. The summed E-state index contributed by atoms with van der Waals surface area (Å²) in [5.41, 5.74) is 7.22. The average molecular weight is 293 g/mol. The summed E-state index contributed by atoms with van der Waals surface area (Å²) in [7, 11) is 3.43. The van der Waals surface area contributed by atoms with Crippen molar-refractivity contribution in [1.82, 2.24) is 14.8 Å². The predicted octanol–water partition coefficient (Wildman–Crippen LogP) is 1.21. The maximum atomic E-state index is 8.80.